The highest BCUT2D eigenvalue weighted by Crippen LogP contribution is 2.35. The Morgan fingerprint density at radius 1 is 1.32 bits per heavy atom. The van der Waals surface area contributed by atoms with E-state index in [0.717, 1.165) is 17.2 Å². The summed E-state index contributed by atoms with van der Waals surface area (Å²) in [6, 6.07) is 9.08. The maximum atomic E-state index is 5.24. The standard InChI is InChI=1S/C16H20N2O/c1-3-15(12-4-5-12)18-14-8-6-13(7-9-14)16-10-19-11(2)17-16/h6-10,12,15,18H,3-5H2,1-2H3. The first-order chi connectivity index (χ1) is 9.26. The molecule has 1 heterocycles. The number of aryl methyl sites for hydroxylation is 1. The fourth-order valence-electron chi connectivity index (χ4n) is 2.50. The van der Waals surface area contributed by atoms with Crippen LogP contribution in [0.2, 0.25) is 0 Å². The van der Waals surface area contributed by atoms with E-state index in [1.807, 2.05) is 6.92 Å². The Kier molecular flexibility index (Phi) is 3.28. The molecule has 0 radical (unpaired) electrons. The van der Waals surface area contributed by atoms with Crippen molar-refractivity contribution in [2.45, 2.75) is 39.2 Å². The summed E-state index contributed by atoms with van der Waals surface area (Å²) in [5.41, 5.74) is 3.20. The molecule has 2 aromatic rings. The average molecular weight is 256 g/mol. The van der Waals surface area contributed by atoms with E-state index in [-0.39, 0.29) is 0 Å². The molecule has 1 aliphatic carbocycles. The van der Waals surface area contributed by atoms with Gasteiger partial charge >= 0.3 is 0 Å². The van der Waals surface area contributed by atoms with E-state index >= 15 is 0 Å². The highest BCUT2D eigenvalue weighted by molar-refractivity contribution is 5.62. The van der Waals surface area contributed by atoms with Crippen LogP contribution in [0.25, 0.3) is 11.3 Å². The molecule has 1 atom stereocenters. The van der Waals surface area contributed by atoms with Gasteiger partial charge < -0.3 is 9.73 Å². The van der Waals surface area contributed by atoms with E-state index in [1.165, 1.54) is 24.9 Å². The van der Waals surface area contributed by atoms with Crippen LogP contribution in [0.1, 0.15) is 32.1 Å². The van der Waals surface area contributed by atoms with Gasteiger partial charge in [-0.05, 0) is 37.3 Å². The summed E-state index contributed by atoms with van der Waals surface area (Å²) in [5, 5.41) is 3.63. The van der Waals surface area contributed by atoms with E-state index in [9.17, 15) is 0 Å². The van der Waals surface area contributed by atoms with Crippen molar-refractivity contribution < 1.29 is 4.42 Å². The number of hydrogen-bond donors (Lipinski definition) is 1. The third kappa shape index (κ3) is 2.80. The first kappa shape index (κ1) is 12.3. The van der Waals surface area contributed by atoms with Crippen LogP contribution in [-0.4, -0.2) is 11.0 Å². The van der Waals surface area contributed by atoms with Crippen LogP contribution in [0.15, 0.2) is 34.9 Å². The van der Waals surface area contributed by atoms with Gasteiger partial charge in [0.2, 0.25) is 0 Å². The minimum atomic E-state index is 0.625. The second-order valence-corrected chi connectivity index (χ2v) is 5.33. The maximum absolute atomic E-state index is 5.24. The van der Waals surface area contributed by atoms with Gasteiger partial charge in [0.05, 0.1) is 0 Å². The third-order valence-corrected chi connectivity index (χ3v) is 3.78. The van der Waals surface area contributed by atoms with Crippen molar-refractivity contribution in [2.75, 3.05) is 5.32 Å². The van der Waals surface area contributed by atoms with Crippen LogP contribution in [-0.2, 0) is 0 Å². The molecule has 0 spiro atoms. The first-order valence-electron chi connectivity index (χ1n) is 7.05. The normalized spacial score (nSPS) is 16.3. The molecule has 3 rings (SSSR count). The molecule has 1 aromatic carbocycles. The number of nitrogens with zero attached hydrogens (tertiary/aromatic N) is 1. The van der Waals surface area contributed by atoms with E-state index in [1.54, 1.807) is 6.26 Å². The van der Waals surface area contributed by atoms with Crippen LogP contribution in [0, 0.1) is 12.8 Å². The fourth-order valence-corrected chi connectivity index (χ4v) is 2.50. The molecule has 19 heavy (non-hydrogen) atoms. The van der Waals surface area contributed by atoms with Gasteiger partial charge in [-0.25, -0.2) is 4.98 Å². The molecule has 1 saturated carbocycles. The highest BCUT2D eigenvalue weighted by Gasteiger charge is 2.29. The number of aromatic nitrogens is 1. The maximum Gasteiger partial charge on any atom is 0.191 e. The number of nitrogens with one attached hydrogen (secondary N) is 1. The molecular weight excluding hydrogens is 236 g/mol. The summed E-state index contributed by atoms with van der Waals surface area (Å²) in [5.74, 6) is 1.58. The number of rotatable bonds is 5. The minimum absolute atomic E-state index is 0.625. The predicted octanol–water partition coefficient (Wildman–Crippen LogP) is 4.25. The summed E-state index contributed by atoms with van der Waals surface area (Å²) in [4.78, 5) is 4.34. The number of anilines is 1. The van der Waals surface area contributed by atoms with E-state index in [0.29, 0.717) is 11.9 Å². The van der Waals surface area contributed by atoms with Crippen LogP contribution in [0.4, 0.5) is 5.69 Å². The Bertz CT molecular complexity index is 540. The van der Waals surface area contributed by atoms with Crippen molar-refractivity contribution in [3.8, 4) is 11.3 Å². The van der Waals surface area contributed by atoms with Crippen molar-refractivity contribution >= 4 is 5.69 Å². The minimum Gasteiger partial charge on any atom is -0.449 e. The van der Waals surface area contributed by atoms with E-state index in [4.69, 9.17) is 4.42 Å². The summed E-state index contributed by atoms with van der Waals surface area (Å²) >= 11 is 0. The number of oxazole rings is 1. The lowest BCUT2D eigenvalue weighted by atomic mass is 10.1. The summed E-state index contributed by atoms with van der Waals surface area (Å²) in [6.07, 6.45) is 5.65. The topological polar surface area (TPSA) is 38.1 Å². The first-order valence-corrected chi connectivity index (χ1v) is 7.05. The van der Waals surface area contributed by atoms with Gasteiger partial charge in [0, 0.05) is 24.2 Å². The largest absolute Gasteiger partial charge is 0.449 e. The predicted molar refractivity (Wildman–Crippen MR) is 77.1 cm³/mol. The monoisotopic (exact) mass is 256 g/mol. The molecule has 3 nitrogen and oxygen atoms in total. The number of hydrogen-bond acceptors (Lipinski definition) is 3. The third-order valence-electron chi connectivity index (χ3n) is 3.78. The van der Waals surface area contributed by atoms with Gasteiger partial charge in [0.25, 0.3) is 0 Å². The van der Waals surface area contributed by atoms with Crippen molar-refractivity contribution in [1.29, 1.82) is 0 Å². The van der Waals surface area contributed by atoms with Gasteiger partial charge in [0.1, 0.15) is 12.0 Å². The molecule has 1 N–H and O–H groups in total. The van der Waals surface area contributed by atoms with Gasteiger partial charge in [0.15, 0.2) is 5.89 Å². The van der Waals surface area contributed by atoms with Gasteiger partial charge in [-0.15, -0.1) is 0 Å². The zero-order valence-corrected chi connectivity index (χ0v) is 11.5. The van der Waals surface area contributed by atoms with Crippen LogP contribution >= 0.6 is 0 Å². The van der Waals surface area contributed by atoms with Crippen molar-refractivity contribution in [1.82, 2.24) is 4.98 Å². The molecule has 1 aliphatic rings. The highest BCUT2D eigenvalue weighted by atomic mass is 16.3. The van der Waals surface area contributed by atoms with Gasteiger partial charge in [-0.3, -0.25) is 0 Å². The molecule has 1 unspecified atom stereocenters. The summed E-state index contributed by atoms with van der Waals surface area (Å²) in [6.45, 7) is 4.11. The second kappa shape index (κ2) is 5.08. The lowest BCUT2D eigenvalue weighted by molar-refractivity contribution is 0.521. The molecule has 0 bridgehead atoms. The molecule has 0 saturated heterocycles. The Morgan fingerprint density at radius 2 is 2.05 bits per heavy atom. The Hall–Kier alpha value is -1.77. The van der Waals surface area contributed by atoms with Crippen molar-refractivity contribution in [3.63, 3.8) is 0 Å². The Morgan fingerprint density at radius 3 is 2.58 bits per heavy atom. The van der Waals surface area contributed by atoms with Crippen LogP contribution in [0.3, 0.4) is 0 Å². The van der Waals surface area contributed by atoms with E-state index in [2.05, 4.69) is 41.5 Å². The molecule has 1 aromatic heterocycles. The zero-order chi connectivity index (χ0) is 13.2. The molecule has 3 heteroatoms. The van der Waals surface area contributed by atoms with Crippen LogP contribution in [0.5, 0.6) is 0 Å². The van der Waals surface area contributed by atoms with E-state index < -0.39 is 0 Å². The molecule has 0 amide bonds. The molecular formula is C16H20N2O. The SMILES string of the molecule is CCC(Nc1ccc(-c2coc(C)n2)cc1)C1CC1. The van der Waals surface area contributed by atoms with Gasteiger partial charge in [-0.2, -0.15) is 0 Å². The second-order valence-electron chi connectivity index (χ2n) is 5.33. The van der Waals surface area contributed by atoms with Crippen LogP contribution < -0.4 is 5.32 Å². The lowest BCUT2D eigenvalue weighted by Gasteiger charge is -2.17. The molecule has 0 aliphatic heterocycles. The average Bonchev–Trinajstić information content (AvgIpc) is 3.18. The Balaban J connectivity index is 1.71. The summed E-state index contributed by atoms with van der Waals surface area (Å²) < 4.78 is 5.24. The molecule has 1 fully saturated rings. The Labute approximate surface area is 114 Å². The molecule has 100 valence electrons. The number of benzene rings is 1. The van der Waals surface area contributed by atoms with Gasteiger partial charge in [-0.1, -0.05) is 19.1 Å². The van der Waals surface area contributed by atoms with Crippen molar-refractivity contribution in [3.05, 3.63) is 36.4 Å². The zero-order valence-electron chi connectivity index (χ0n) is 11.5. The fraction of sp³-hybridized carbons (Fsp3) is 0.438. The quantitative estimate of drug-likeness (QED) is 0.869. The van der Waals surface area contributed by atoms with Crippen molar-refractivity contribution in [2.24, 2.45) is 5.92 Å². The smallest absolute Gasteiger partial charge is 0.191 e. The summed E-state index contributed by atoms with van der Waals surface area (Å²) in [7, 11) is 0. The lowest BCUT2D eigenvalue weighted by Crippen LogP contribution is -2.20.